The molecule has 0 saturated heterocycles. The van der Waals surface area contributed by atoms with Gasteiger partial charge >= 0.3 is 12.1 Å². The van der Waals surface area contributed by atoms with Crippen molar-refractivity contribution in [3.05, 3.63) is 29.8 Å². The number of aldehydes is 1. The van der Waals surface area contributed by atoms with E-state index in [0.29, 0.717) is 11.8 Å². The van der Waals surface area contributed by atoms with E-state index in [1.807, 2.05) is 13.8 Å². The van der Waals surface area contributed by atoms with Gasteiger partial charge < -0.3 is 19.6 Å². The van der Waals surface area contributed by atoms with E-state index in [9.17, 15) is 14.4 Å². The summed E-state index contributed by atoms with van der Waals surface area (Å²) in [4.78, 5) is 36.3. The molecule has 0 saturated carbocycles. The fourth-order valence-electron chi connectivity index (χ4n) is 2.80. The van der Waals surface area contributed by atoms with Gasteiger partial charge in [-0.15, -0.1) is 0 Å². The Morgan fingerprint density at radius 3 is 2.68 bits per heavy atom. The van der Waals surface area contributed by atoms with Gasteiger partial charge in [0, 0.05) is 5.56 Å². The van der Waals surface area contributed by atoms with Gasteiger partial charge in [-0.2, -0.15) is 0 Å². The van der Waals surface area contributed by atoms with Crippen molar-refractivity contribution in [1.82, 2.24) is 5.32 Å². The summed E-state index contributed by atoms with van der Waals surface area (Å²) in [5, 5.41) is 2.54. The maximum Gasteiger partial charge on any atom is 0.413 e. The molecule has 1 aliphatic heterocycles. The molecule has 0 aliphatic carbocycles. The molecular formula is C16H19NO5. The van der Waals surface area contributed by atoms with Gasteiger partial charge in [-0.1, -0.05) is 32.0 Å². The van der Waals surface area contributed by atoms with Crippen LogP contribution in [0, 0.1) is 11.8 Å². The SMILES string of the molecule is CCOC(=O)[C@]1([C@H](C=O)C(C)C)NC(=O)Oc2ccccc21. The normalized spacial score (nSPS) is 21.4. The van der Waals surface area contributed by atoms with Crippen molar-refractivity contribution < 1.29 is 23.9 Å². The van der Waals surface area contributed by atoms with Crippen LogP contribution in [0.4, 0.5) is 4.79 Å². The first kappa shape index (κ1) is 16.0. The highest BCUT2D eigenvalue weighted by Crippen LogP contribution is 2.42. The van der Waals surface area contributed by atoms with Crippen molar-refractivity contribution in [2.45, 2.75) is 26.3 Å². The third-order valence-electron chi connectivity index (χ3n) is 3.78. The molecule has 2 rings (SSSR count). The van der Waals surface area contributed by atoms with Crippen molar-refractivity contribution in [3.63, 3.8) is 0 Å². The molecule has 118 valence electrons. The molecular weight excluding hydrogens is 286 g/mol. The standard InChI is InChI=1S/C16H19NO5/c1-4-21-14(19)16(12(9-18)10(2)3)11-7-5-6-8-13(11)22-15(20)17-16/h5-10,12H,4H2,1-3H3,(H,17,20)/t12-,16+/m1/s1. The van der Waals surface area contributed by atoms with Crippen LogP contribution in [0.1, 0.15) is 26.3 Å². The first-order valence-electron chi connectivity index (χ1n) is 7.19. The first-order valence-corrected chi connectivity index (χ1v) is 7.19. The van der Waals surface area contributed by atoms with E-state index in [0.717, 1.165) is 0 Å². The Kier molecular flexibility index (Phi) is 4.49. The van der Waals surface area contributed by atoms with E-state index < -0.39 is 23.5 Å². The van der Waals surface area contributed by atoms with Crippen LogP contribution >= 0.6 is 0 Å². The third-order valence-corrected chi connectivity index (χ3v) is 3.78. The van der Waals surface area contributed by atoms with Crippen LogP contribution in [0.5, 0.6) is 5.75 Å². The second-order valence-corrected chi connectivity index (χ2v) is 5.45. The van der Waals surface area contributed by atoms with E-state index >= 15 is 0 Å². The van der Waals surface area contributed by atoms with Gasteiger partial charge in [0.15, 0.2) is 5.54 Å². The second kappa shape index (κ2) is 6.17. The van der Waals surface area contributed by atoms with Gasteiger partial charge in [0.1, 0.15) is 12.0 Å². The van der Waals surface area contributed by atoms with Gasteiger partial charge in [0.25, 0.3) is 0 Å². The number of amides is 1. The Morgan fingerprint density at radius 1 is 1.41 bits per heavy atom. The topological polar surface area (TPSA) is 81.7 Å². The molecule has 22 heavy (non-hydrogen) atoms. The molecule has 0 radical (unpaired) electrons. The summed E-state index contributed by atoms with van der Waals surface area (Å²) in [6.45, 7) is 5.43. The zero-order valence-corrected chi connectivity index (χ0v) is 12.8. The molecule has 0 spiro atoms. The van der Waals surface area contributed by atoms with E-state index in [2.05, 4.69) is 5.32 Å². The summed E-state index contributed by atoms with van der Waals surface area (Å²) in [6, 6.07) is 6.66. The Labute approximate surface area is 128 Å². The van der Waals surface area contributed by atoms with E-state index in [4.69, 9.17) is 9.47 Å². The van der Waals surface area contributed by atoms with Crippen LogP contribution in [-0.2, 0) is 19.9 Å². The number of ether oxygens (including phenoxy) is 2. The van der Waals surface area contributed by atoms with Crippen molar-refractivity contribution >= 4 is 18.3 Å². The summed E-state index contributed by atoms with van der Waals surface area (Å²) in [6.07, 6.45) is -0.0940. The molecule has 6 nitrogen and oxygen atoms in total. The maximum atomic E-state index is 12.7. The first-order chi connectivity index (χ1) is 10.5. The Hall–Kier alpha value is -2.37. The number of rotatable bonds is 5. The van der Waals surface area contributed by atoms with Gasteiger partial charge in [0.2, 0.25) is 0 Å². The van der Waals surface area contributed by atoms with Gasteiger partial charge in [0.05, 0.1) is 12.5 Å². The van der Waals surface area contributed by atoms with E-state index in [1.165, 1.54) is 0 Å². The molecule has 0 bridgehead atoms. The second-order valence-electron chi connectivity index (χ2n) is 5.45. The molecule has 1 aromatic rings. The monoisotopic (exact) mass is 305 g/mol. The number of benzene rings is 1. The van der Waals surface area contributed by atoms with Gasteiger partial charge in [-0.05, 0) is 18.9 Å². The summed E-state index contributed by atoms with van der Waals surface area (Å²) < 4.78 is 10.3. The number of carbonyl (C=O) groups is 3. The molecule has 0 aromatic heterocycles. The molecule has 1 aliphatic rings. The highest BCUT2D eigenvalue weighted by molar-refractivity contribution is 5.93. The minimum Gasteiger partial charge on any atom is -0.464 e. The highest BCUT2D eigenvalue weighted by Gasteiger charge is 2.55. The average molecular weight is 305 g/mol. The molecule has 0 fully saturated rings. The van der Waals surface area contributed by atoms with Crippen LogP contribution in [-0.4, -0.2) is 25.0 Å². The lowest BCUT2D eigenvalue weighted by atomic mass is 9.72. The summed E-state index contributed by atoms with van der Waals surface area (Å²) in [5.41, 5.74) is -1.14. The molecule has 1 heterocycles. The van der Waals surface area contributed by atoms with Crippen LogP contribution in [0.3, 0.4) is 0 Å². The largest absolute Gasteiger partial charge is 0.464 e. The minimum absolute atomic E-state index is 0.142. The number of nitrogens with one attached hydrogen (secondary N) is 1. The molecule has 1 aromatic carbocycles. The lowest BCUT2D eigenvalue weighted by Crippen LogP contribution is -2.62. The number of hydrogen-bond acceptors (Lipinski definition) is 5. The summed E-state index contributed by atoms with van der Waals surface area (Å²) in [5.74, 6) is -1.37. The Balaban J connectivity index is 2.70. The molecule has 1 amide bonds. The smallest absolute Gasteiger partial charge is 0.413 e. The quantitative estimate of drug-likeness (QED) is 0.665. The molecule has 0 unspecified atom stereocenters. The van der Waals surface area contributed by atoms with E-state index in [-0.39, 0.29) is 18.3 Å². The molecule has 1 N–H and O–H groups in total. The third kappa shape index (κ3) is 2.45. The zero-order chi connectivity index (χ0) is 16.3. The summed E-state index contributed by atoms with van der Waals surface area (Å²) in [7, 11) is 0. The highest BCUT2D eigenvalue weighted by atomic mass is 16.6. The lowest BCUT2D eigenvalue weighted by molar-refractivity contribution is -0.157. The maximum absolute atomic E-state index is 12.7. The number of carbonyl (C=O) groups excluding carboxylic acids is 3. The van der Waals surface area contributed by atoms with Crippen LogP contribution in [0.25, 0.3) is 0 Å². The van der Waals surface area contributed by atoms with Crippen molar-refractivity contribution in [3.8, 4) is 5.75 Å². The van der Waals surface area contributed by atoms with Gasteiger partial charge in [-0.3, -0.25) is 0 Å². The minimum atomic E-state index is -1.57. The van der Waals surface area contributed by atoms with Gasteiger partial charge in [-0.25, -0.2) is 9.59 Å². The Morgan fingerprint density at radius 2 is 2.09 bits per heavy atom. The molecule has 2 atom stereocenters. The zero-order valence-electron chi connectivity index (χ0n) is 12.8. The van der Waals surface area contributed by atoms with Crippen molar-refractivity contribution in [1.29, 1.82) is 0 Å². The van der Waals surface area contributed by atoms with E-state index in [1.54, 1.807) is 31.2 Å². The number of hydrogen-bond donors (Lipinski definition) is 1. The van der Waals surface area contributed by atoms with Crippen molar-refractivity contribution in [2.75, 3.05) is 6.61 Å². The molecule has 6 heteroatoms. The number of fused-ring (bicyclic) bond motifs is 1. The lowest BCUT2D eigenvalue weighted by Gasteiger charge is -2.41. The van der Waals surface area contributed by atoms with Crippen LogP contribution in [0.2, 0.25) is 0 Å². The predicted molar refractivity (Wildman–Crippen MR) is 78.3 cm³/mol. The predicted octanol–water partition coefficient (Wildman–Crippen LogP) is 2.02. The van der Waals surface area contributed by atoms with Crippen LogP contribution in [0.15, 0.2) is 24.3 Å². The summed E-state index contributed by atoms with van der Waals surface area (Å²) >= 11 is 0. The number of para-hydroxylation sites is 1. The van der Waals surface area contributed by atoms with Crippen molar-refractivity contribution in [2.24, 2.45) is 11.8 Å². The van der Waals surface area contributed by atoms with Crippen LogP contribution < -0.4 is 10.1 Å². The Bertz CT molecular complexity index is 598. The average Bonchev–Trinajstić information content (AvgIpc) is 2.47. The number of esters is 1. The fourth-order valence-corrected chi connectivity index (χ4v) is 2.80. The fraction of sp³-hybridized carbons (Fsp3) is 0.438.